The van der Waals surface area contributed by atoms with Gasteiger partial charge in [-0.25, -0.2) is 0 Å². The van der Waals surface area contributed by atoms with Crippen molar-refractivity contribution >= 4 is 23.0 Å². The normalized spacial score (nSPS) is 7.92. The van der Waals surface area contributed by atoms with Gasteiger partial charge in [0.2, 0.25) is 5.75 Å². The molecule has 0 saturated carbocycles. The molecule has 0 saturated heterocycles. The average molecular weight is 186 g/mol. The second-order valence-electron chi connectivity index (χ2n) is 2.32. The van der Waals surface area contributed by atoms with E-state index in [1.807, 2.05) is 32.3 Å². The van der Waals surface area contributed by atoms with Crippen LogP contribution in [0.3, 0.4) is 0 Å². The van der Waals surface area contributed by atoms with Crippen molar-refractivity contribution in [3.8, 4) is 0 Å². The zero-order valence-corrected chi connectivity index (χ0v) is 7.95. The minimum Gasteiger partial charge on any atom is -0.378 e. The van der Waals surface area contributed by atoms with Gasteiger partial charge in [-0.05, 0) is 23.7 Å². The van der Waals surface area contributed by atoms with Gasteiger partial charge in [0.1, 0.15) is 0 Å². The fourth-order valence-electron chi connectivity index (χ4n) is 0.726. The van der Waals surface area contributed by atoms with Crippen molar-refractivity contribution in [3.05, 3.63) is 30.3 Å². The highest BCUT2D eigenvalue weighted by molar-refractivity contribution is 6.54. The number of carbonyl (C=O) groups excluding carboxylic acids is 1. The molecule has 3 heteroatoms. The molecule has 0 spiro atoms. The van der Waals surface area contributed by atoms with Crippen molar-refractivity contribution in [1.29, 1.82) is 0 Å². The number of hydrogen-bond donors (Lipinski definition) is 0. The number of nitrogens with zero attached hydrogens (tertiary/aromatic N) is 1. The van der Waals surface area contributed by atoms with Crippen molar-refractivity contribution in [1.82, 2.24) is 0 Å². The second-order valence-corrected chi connectivity index (χ2v) is 2.50. The first-order chi connectivity index (χ1) is 5.72. The summed E-state index contributed by atoms with van der Waals surface area (Å²) in [6, 6.07) is 10.3. The molecule has 0 aliphatic rings. The van der Waals surface area contributed by atoms with E-state index in [2.05, 4.69) is 28.6 Å². The van der Waals surface area contributed by atoms with E-state index in [-0.39, 0.29) is 5.75 Å². The molecule has 1 rings (SSSR count). The molecule has 0 aliphatic heterocycles. The van der Waals surface area contributed by atoms with Gasteiger partial charge in [-0.2, -0.15) is 0 Å². The highest BCUT2D eigenvalue weighted by Crippen LogP contribution is 2.07. The van der Waals surface area contributed by atoms with E-state index in [4.69, 9.17) is 4.79 Å². The van der Waals surface area contributed by atoms with Crippen LogP contribution in [-0.2, 0) is 4.79 Å². The Labute approximate surface area is 77.8 Å². The van der Waals surface area contributed by atoms with Crippen LogP contribution in [0.25, 0.3) is 0 Å². The van der Waals surface area contributed by atoms with Gasteiger partial charge in [-0.3, -0.25) is 4.79 Å². The van der Waals surface area contributed by atoms with E-state index < -0.39 is 0 Å². The number of hydrogen-bond acceptors (Lipinski definition) is 2. The highest BCUT2D eigenvalue weighted by atomic mass is 35.5. The molecular weight excluding hydrogens is 174 g/mol. The van der Waals surface area contributed by atoms with E-state index in [0.717, 1.165) is 0 Å². The largest absolute Gasteiger partial charge is 0.378 e. The quantitative estimate of drug-likeness (QED) is 0.494. The summed E-state index contributed by atoms with van der Waals surface area (Å²) in [4.78, 5) is 10.7. The summed E-state index contributed by atoms with van der Waals surface area (Å²) in [5, 5.41) is 0. The zero-order valence-electron chi connectivity index (χ0n) is 7.20. The molecule has 0 fully saturated rings. The van der Waals surface area contributed by atoms with Crippen molar-refractivity contribution in [2.45, 2.75) is 0 Å². The van der Waals surface area contributed by atoms with Crippen LogP contribution in [0.4, 0.5) is 5.69 Å². The molecule has 1 aromatic rings. The summed E-state index contributed by atoms with van der Waals surface area (Å²) < 4.78 is 0. The van der Waals surface area contributed by atoms with Crippen LogP contribution >= 0.6 is 11.6 Å². The van der Waals surface area contributed by atoms with Crippen molar-refractivity contribution in [2.24, 2.45) is 0 Å². The fourth-order valence-corrected chi connectivity index (χ4v) is 0.726. The summed E-state index contributed by atoms with van der Waals surface area (Å²) in [6.07, 6.45) is 0. The first kappa shape index (κ1) is 11.0. The van der Waals surface area contributed by atoms with Crippen LogP contribution < -0.4 is 4.90 Å². The third-order valence-corrected chi connectivity index (χ3v) is 1.27. The van der Waals surface area contributed by atoms with Gasteiger partial charge in [-0.1, -0.05) is 18.2 Å². The molecule has 2 nitrogen and oxygen atoms in total. The van der Waals surface area contributed by atoms with Crippen LogP contribution in [0, 0.1) is 0 Å². The zero-order chi connectivity index (χ0) is 9.40. The summed E-state index contributed by atoms with van der Waals surface area (Å²) in [5.74, 6) is 0.222. The Balaban J connectivity index is 0.000000354. The average Bonchev–Trinajstić information content (AvgIpc) is 2.07. The molecule has 66 valence electrons. The van der Waals surface area contributed by atoms with E-state index >= 15 is 0 Å². The summed E-state index contributed by atoms with van der Waals surface area (Å²) in [5.41, 5.74) is 1.25. The smallest absolute Gasteiger partial charge is 0.208 e. The Morgan fingerprint density at radius 2 is 1.67 bits per heavy atom. The van der Waals surface area contributed by atoms with Gasteiger partial charge in [0.25, 0.3) is 0 Å². The van der Waals surface area contributed by atoms with Crippen molar-refractivity contribution in [2.75, 3.05) is 19.0 Å². The van der Waals surface area contributed by atoms with Crippen LogP contribution in [-0.4, -0.2) is 19.8 Å². The molecular formula is C9H12ClNO. The predicted octanol–water partition coefficient (Wildman–Crippen LogP) is 2.17. The lowest BCUT2D eigenvalue weighted by molar-refractivity contribution is 0.569. The van der Waals surface area contributed by atoms with E-state index in [9.17, 15) is 0 Å². The van der Waals surface area contributed by atoms with Crippen LogP contribution in [0.5, 0.6) is 0 Å². The second kappa shape index (κ2) is 6.68. The third kappa shape index (κ3) is 4.74. The maximum atomic E-state index is 8.57. The minimum atomic E-state index is 0.222. The molecule has 0 N–H and O–H groups in total. The molecule has 0 aliphatic carbocycles. The van der Waals surface area contributed by atoms with Gasteiger partial charge in [0, 0.05) is 19.8 Å². The number of para-hydroxylation sites is 1. The standard InChI is InChI=1S/C8H11N.CHClO/c1-9(2)8-6-4-3-5-7-8;2-1-3/h3-7H,1-2H3;1H. The number of anilines is 1. The number of halogens is 1. The Bertz CT molecular complexity index is 211. The number of carbonyl (C=O) groups is 1. The lowest BCUT2D eigenvalue weighted by atomic mass is 10.3. The first-order valence-corrected chi connectivity index (χ1v) is 3.92. The van der Waals surface area contributed by atoms with Crippen LogP contribution in [0.2, 0.25) is 0 Å². The molecule has 0 unspecified atom stereocenters. The lowest BCUT2D eigenvalue weighted by Crippen LogP contribution is -2.07. The van der Waals surface area contributed by atoms with Gasteiger partial charge >= 0.3 is 0 Å². The Kier molecular flexibility index (Phi) is 6.11. The van der Waals surface area contributed by atoms with Crippen LogP contribution in [0.15, 0.2) is 30.3 Å². The SMILES string of the molecule is CN(C)c1ccccc1.O=CCl. The summed E-state index contributed by atoms with van der Waals surface area (Å²) >= 11 is 4.32. The maximum absolute atomic E-state index is 8.57. The predicted molar refractivity (Wildman–Crippen MR) is 53.4 cm³/mol. The third-order valence-electron chi connectivity index (χ3n) is 1.27. The van der Waals surface area contributed by atoms with Crippen molar-refractivity contribution in [3.63, 3.8) is 0 Å². The van der Waals surface area contributed by atoms with Gasteiger partial charge < -0.3 is 4.90 Å². The fraction of sp³-hybridized carbons (Fsp3) is 0.222. The van der Waals surface area contributed by atoms with Gasteiger partial charge in [0.15, 0.2) is 0 Å². The molecule has 12 heavy (non-hydrogen) atoms. The molecule has 0 amide bonds. The van der Waals surface area contributed by atoms with Crippen molar-refractivity contribution < 1.29 is 4.79 Å². The summed E-state index contributed by atoms with van der Waals surface area (Å²) in [6.45, 7) is 0. The minimum absolute atomic E-state index is 0.222. The van der Waals surface area contributed by atoms with E-state index in [1.165, 1.54) is 5.69 Å². The molecule has 0 bridgehead atoms. The summed E-state index contributed by atoms with van der Waals surface area (Å²) in [7, 11) is 4.07. The molecule has 0 radical (unpaired) electrons. The number of rotatable bonds is 1. The molecule has 1 aromatic carbocycles. The highest BCUT2D eigenvalue weighted by Gasteiger charge is 1.87. The van der Waals surface area contributed by atoms with Crippen LogP contribution in [0.1, 0.15) is 0 Å². The Morgan fingerprint density at radius 1 is 1.25 bits per heavy atom. The first-order valence-electron chi connectivity index (χ1n) is 3.48. The Hall–Kier alpha value is -1.02. The van der Waals surface area contributed by atoms with E-state index in [1.54, 1.807) is 0 Å². The van der Waals surface area contributed by atoms with Gasteiger partial charge in [-0.15, -0.1) is 0 Å². The topological polar surface area (TPSA) is 20.3 Å². The molecule has 0 heterocycles. The van der Waals surface area contributed by atoms with E-state index in [0.29, 0.717) is 0 Å². The maximum Gasteiger partial charge on any atom is 0.208 e. The Morgan fingerprint density at radius 3 is 1.92 bits per heavy atom. The molecule has 0 atom stereocenters. The monoisotopic (exact) mass is 185 g/mol. The van der Waals surface area contributed by atoms with Gasteiger partial charge in [0.05, 0.1) is 0 Å². The lowest BCUT2D eigenvalue weighted by Gasteiger charge is -2.10. The molecule has 0 aromatic heterocycles. The number of benzene rings is 1.